The topological polar surface area (TPSA) is 51.2 Å². The number of hydrogen-bond donors (Lipinski definition) is 1. The third kappa shape index (κ3) is 4.81. The van der Waals surface area contributed by atoms with Gasteiger partial charge < -0.3 is 10.1 Å². The molecule has 4 nitrogen and oxygen atoms in total. The molecule has 0 amide bonds. The van der Waals surface area contributed by atoms with Gasteiger partial charge in [-0.3, -0.25) is 4.79 Å². The standard InChI is InChI=1S/C19H24N2O2/c1-4-10-20-19-17(9-6-11-21-19)18(22)15-7-5-8-16(12-15)23-13-14(2)3/h5-9,11-12,14H,4,10,13H2,1-3H3,(H,20,21). The van der Waals surface area contributed by atoms with E-state index in [1.54, 1.807) is 30.5 Å². The fraction of sp³-hybridized carbons (Fsp3) is 0.368. The Morgan fingerprint density at radius 2 is 2.09 bits per heavy atom. The number of hydrogen-bond acceptors (Lipinski definition) is 4. The van der Waals surface area contributed by atoms with Crippen molar-refractivity contribution < 1.29 is 9.53 Å². The molecule has 0 aliphatic heterocycles. The van der Waals surface area contributed by atoms with E-state index >= 15 is 0 Å². The van der Waals surface area contributed by atoms with Gasteiger partial charge in [-0.1, -0.05) is 32.9 Å². The average molecular weight is 312 g/mol. The molecule has 0 spiro atoms. The molecule has 0 saturated heterocycles. The molecule has 0 aliphatic carbocycles. The summed E-state index contributed by atoms with van der Waals surface area (Å²) in [6, 6.07) is 10.9. The predicted octanol–water partition coefficient (Wildman–Crippen LogP) is 4.17. The summed E-state index contributed by atoms with van der Waals surface area (Å²) in [5.74, 6) is 1.74. The molecule has 1 N–H and O–H groups in total. The van der Waals surface area contributed by atoms with Crippen LogP contribution in [0.5, 0.6) is 5.75 Å². The molecule has 0 unspecified atom stereocenters. The van der Waals surface area contributed by atoms with Gasteiger partial charge in [0.1, 0.15) is 11.6 Å². The van der Waals surface area contributed by atoms with Gasteiger partial charge in [-0.05, 0) is 36.6 Å². The summed E-state index contributed by atoms with van der Waals surface area (Å²) in [6.45, 7) is 7.68. The molecule has 2 rings (SSSR count). The van der Waals surface area contributed by atoms with E-state index < -0.39 is 0 Å². The lowest BCUT2D eigenvalue weighted by Crippen LogP contribution is -2.10. The van der Waals surface area contributed by atoms with Gasteiger partial charge in [0.15, 0.2) is 5.78 Å². The lowest BCUT2D eigenvalue weighted by Gasteiger charge is -2.11. The number of ether oxygens (including phenoxy) is 1. The molecule has 0 radical (unpaired) electrons. The Hall–Kier alpha value is -2.36. The van der Waals surface area contributed by atoms with E-state index in [1.807, 2.05) is 12.1 Å². The first-order valence-corrected chi connectivity index (χ1v) is 8.08. The number of benzene rings is 1. The highest BCUT2D eigenvalue weighted by atomic mass is 16.5. The second-order valence-electron chi connectivity index (χ2n) is 5.89. The molecule has 0 bridgehead atoms. The van der Waals surface area contributed by atoms with Crippen LogP contribution in [0.4, 0.5) is 5.82 Å². The van der Waals surface area contributed by atoms with Gasteiger partial charge in [0, 0.05) is 18.3 Å². The Bertz CT molecular complexity index is 653. The van der Waals surface area contributed by atoms with Gasteiger partial charge in [0.25, 0.3) is 0 Å². The van der Waals surface area contributed by atoms with Crippen LogP contribution in [0.2, 0.25) is 0 Å². The van der Waals surface area contributed by atoms with E-state index in [2.05, 4.69) is 31.1 Å². The summed E-state index contributed by atoms with van der Waals surface area (Å²) in [6.07, 6.45) is 2.67. The maximum Gasteiger partial charge on any atom is 0.196 e. The van der Waals surface area contributed by atoms with E-state index in [1.165, 1.54) is 0 Å². The van der Waals surface area contributed by atoms with E-state index in [0.29, 0.717) is 29.5 Å². The van der Waals surface area contributed by atoms with Gasteiger partial charge in [0.2, 0.25) is 0 Å². The summed E-state index contributed by atoms with van der Waals surface area (Å²) in [7, 11) is 0. The van der Waals surface area contributed by atoms with Crippen molar-refractivity contribution in [3.05, 3.63) is 53.7 Å². The van der Waals surface area contributed by atoms with Crippen LogP contribution in [0.15, 0.2) is 42.6 Å². The normalized spacial score (nSPS) is 10.6. The maximum atomic E-state index is 12.8. The number of ketones is 1. The highest BCUT2D eigenvalue weighted by molar-refractivity contribution is 6.12. The minimum atomic E-state index is -0.0494. The van der Waals surface area contributed by atoms with Crippen LogP contribution >= 0.6 is 0 Å². The summed E-state index contributed by atoms with van der Waals surface area (Å²) >= 11 is 0. The van der Waals surface area contributed by atoms with Crippen molar-refractivity contribution in [3.63, 3.8) is 0 Å². The monoisotopic (exact) mass is 312 g/mol. The first-order chi connectivity index (χ1) is 11.1. The molecule has 0 atom stereocenters. The third-order valence-corrected chi connectivity index (χ3v) is 3.27. The summed E-state index contributed by atoms with van der Waals surface area (Å²) < 4.78 is 5.71. The molecular weight excluding hydrogens is 288 g/mol. The molecule has 1 aromatic heterocycles. The molecule has 23 heavy (non-hydrogen) atoms. The van der Waals surface area contributed by atoms with Crippen molar-refractivity contribution >= 4 is 11.6 Å². The minimum absolute atomic E-state index is 0.0494. The van der Waals surface area contributed by atoms with E-state index in [-0.39, 0.29) is 5.78 Å². The molecule has 2 aromatic rings. The van der Waals surface area contributed by atoms with Crippen molar-refractivity contribution in [2.24, 2.45) is 5.92 Å². The minimum Gasteiger partial charge on any atom is -0.493 e. The molecule has 122 valence electrons. The van der Waals surface area contributed by atoms with Gasteiger partial charge in [-0.2, -0.15) is 0 Å². The van der Waals surface area contributed by atoms with Gasteiger partial charge in [-0.25, -0.2) is 4.98 Å². The van der Waals surface area contributed by atoms with E-state index in [0.717, 1.165) is 18.7 Å². The van der Waals surface area contributed by atoms with Crippen molar-refractivity contribution in [1.82, 2.24) is 4.98 Å². The lowest BCUT2D eigenvalue weighted by atomic mass is 10.0. The molecule has 1 heterocycles. The van der Waals surface area contributed by atoms with E-state index in [4.69, 9.17) is 4.74 Å². The van der Waals surface area contributed by atoms with Crippen molar-refractivity contribution in [1.29, 1.82) is 0 Å². The first kappa shape index (κ1) is 17.0. The van der Waals surface area contributed by atoms with Gasteiger partial charge in [0.05, 0.1) is 12.2 Å². The van der Waals surface area contributed by atoms with Gasteiger partial charge >= 0.3 is 0 Å². The van der Waals surface area contributed by atoms with Crippen molar-refractivity contribution in [2.45, 2.75) is 27.2 Å². The van der Waals surface area contributed by atoms with Crippen LogP contribution in [-0.2, 0) is 0 Å². The number of rotatable bonds is 8. The summed E-state index contributed by atoms with van der Waals surface area (Å²) in [5.41, 5.74) is 1.20. The molecule has 0 saturated carbocycles. The highest BCUT2D eigenvalue weighted by Gasteiger charge is 2.15. The number of nitrogens with one attached hydrogen (secondary N) is 1. The molecule has 0 aliphatic rings. The van der Waals surface area contributed by atoms with Crippen molar-refractivity contribution in [2.75, 3.05) is 18.5 Å². The average Bonchev–Trinajstić information content (AvgIpc) is 2.58. The molecular formula is C19H24N2O2. The third-order valence-electron chi connectivity index (χ3n) is 3.27. The Kier molecular flexibility index (Phi) is 6.15. The Morgan fingerprint density at radius 1 is 1.26 bits per heavy atom. The number of carbonyl (C=O) groups excluding carboxylic acids is 1. The highest BCUT2D eigenvalue weighted by Crippen LogP contribution is 2.20. The first-order valence-electron chi connectivity index (χ1n) is 8.08. The Balaban J connectivity index is 2.22. The van der Waals surface area contributed by atoms with Crippen LogP contribution in [0.25, 0.3) is 0 Å². The number of carbonyl (C=O) groups is 1. The van der Waals surface area contributed by atoms with Crippen LogP contribution < -0.4 is 10.1 Å². The maximum absolute atomic E-state index is 12.8. The molecule has 0 fully saturated rings. The summed E-state index contributed by atoms with van der Waals surface area (Å²) in [5, 5.41) is 3.21. The zero-order valence-electron chi connectivity index (χ0n) is 14.0. The number of anilines is 1. The zero-order chi connectivity index (χ0) is 16.7. The Morgan fingerprint density at radius 3 is 2.83 bits per heavy atom. The summed E-state index contributed by atoms with van der Waals surface area (Å²) in [4.78, 5) is 17.1. The van der Waals surface area contributed by atoms with Crippen LogP contribution in [-0.4, -0.2) is 23.9 Å². The quantitative estimate of drug-likeness (QED) is 0.743. The predicted molar refractivity (Wildman–Crippen MR) is 93.2 cm³/mol. The Labute approximate surface area is 137 Å². The number of pyridine rings is 1. The van der Waals surface area contributed by atoms with Crippen LogP contribution in [0.3, 0.4) is 0 Å². The molecule has 1 aromatic carbocycles. The fourth-order valence-corrected chi connectivity index (χ4v) is 2.12. The lowest BCUT2D eigenvalue weighted by molar-refractivity contribution is 0.103. The second kappa shape index (κ2) is 8.32. The molecule has 4 heteroatoms. The SMILES string of the molecule is CCCNc1ncccc1C(=O)c1cccc(OCC(C)C)c1. The van der Waals surface area contributed by atoms with Crippen LogP contribution in [0.1, 0.15) is 43.1 Å². The number of aromatic nitrogens is 1. The largest absolute Gasteiger partial charge is 0.493 e. The van der Waals surface area contributed by atoms with Crippen molar-refractivity contribution in [3.8, 4) is 5.75 Å². The van der Waals surface area contributed by atoms with Crippen LogP contribution in [0, 0.1) is 5.92 Å². The zero-order valence-corrected chi connectivity index (χ0v) is 14.0. The number of nitrogens with zero attached hydrogens (tertiary/aromatic N) is 1. The second-order valence-corrected chi connectivity index (χ2v) is 5.89. The smallest absolute Gasteiger partial charge is 0.196 e. The van der Waals surface area contributed by atoms with Gasteiger partial charge in [-0.15, -0.1) is 0 Å². The fourth-order valence-electron chi connectivity index (χ4n) is 2.12. The van der Waals surface area contributed by atoms with E-state index in [9.17, 15) is 4.79 Å².